The lowest BCUT2D eigenvalue weighted by Gasteiger charge is -2.35. The minimum Gasteiger partial charge on any atom is -0.466 e. The maximum atomic E-state index is 5.71. The van der Waals surface area contributed by atoms with Crippen LogP contribution in [0, 0.1) is 0 Å². The van der Waals surface area contributed by atoms with Gasteiger partial charge in [0, 0.05) is 21.5 Å². The fourth-order valence-electron chi connectivity index (χ4n) is 2.20. The minimum atomic E-state index is 0.303. The maximum absolute atomic E-state index is 5.71. The van der Waals surface area contributed by atoms with E-state index in [-0.39, 0.29) is 0 Å². The highest BCUT2D eigenvalue weighted by Gasteiger charge is 2.34. The van der Waals surface area contributed by atoms with E-state index in [9.17, 15) is 0 Å². The minimum absolute atomic E-state index is 0.303. The molecule has 2 heterocycles. The van der Waals surface area contributed by atoms with Crippen LogP contribution in [0.4, 0.5) is 0 Å². The molecule has 108 valence electrons. The van der Waals surface area contributed by atoms with Crippen molar-refractivity contribution in [2.45, 2.75) is 49.0 Å². The fraction of sp³-hybridized carbons (Fsp3) is 0.714. The zero-order chi connectivity index (χ0) is 13.8. The summed E-state index contributed by atoms with van der Waals surface area (Å²) in [6.07, 6.45) is 2.91. The summed E-state index contributed by atoms with van der Waals surface area (Å²) in [6, 6.07) is 2.29. The number of rotatable bonds is 5. The SMILES string of the molecule is CCCNC(c1occc1Br)C1CSC(C)C(C)S1. The molecular formula is C14H22BrNOS2. The highest BCUT2D eigenvalue weighted by atomic mass is 79.9. The van der Waals surface area contributed by atoms with Gasteiger partial charge in [-0.05, 0) is 35.0 Å². The molecule has 1 fully saturated rings. The Morgan fingerprint density at radius 1 is 1.47 bits per heavy atom. The molecule has 0 spiro atoms. The first-order valence-corrected chi connectivity index (χ1v) is 9.65. The van der Waals surface area contributed by atoms with Crippen LogP contribution in [0.3, 0.4) is 0 Å². The molecule has 4 unspecified atom stereocenters. The summed E-state index contributed by atoms with van der Waals surface area (Å²) in [5.41, 5.74) is 0. The van der Waals surface area contributed by atoms with Crippen molar-refractivity contribution in [2.24, 2.45) is 0 Å². The summed E-state index contributed by atoms with van der Waals surface area (Å²) in [7, 11) is 0. The largest absolute Gasteiger partial charge is 0.466 e. The van der Waals surface area contributed by atoms with Crippen molar-refractivity contribution in [1.29, 1.82) is 0 Å². The van der Waals surface area contributed by atoms with Crippen LogP contribution in [0.1, 0.15) is 39.0 Å². The van der Waals surface area contributed by atoms with E-state index in [0.29, 0.717) is 16.5 Å². The van der Waals surface area contributed by atoms with Gasteiger partial charge in [0.05, 0.1) is 16.8 Å². The second-order valence-corrected chi connectivity index (χ2v) is 8.87. The highest BCUT2D eigenvalue weighted by Crippen LogP contribution is 2.42. The highest BCUT2D eigenvalue weighted by molar-refractivity contribution is 9.10. The Labute approximate surface area is 133 Å². The van der Waals surface area contributed by atoms with Gasteiger partial charge in [0.15, 0.2) is 0 Å². The van der Waals surface area contributed by atoms with Gasteiger partial charge in [0.25, 0.3) is 0 Å². The number of halogens is 1. The maximum Gasteiger partial charge on any atom is 0.135 e. The predicted molar refractivity (Wildman–Crippen MR) is 90.2 cm³/mol. The van der Waals surface area contributed by atoms with Gasteiger partial charge in [0.1, 0.15) is 5.76 Å². The van der Waals surface area contributed by atoms with Crippen molar-refractivity contribution in [2.75, 3.05) is 12.3 Å². The molecule has 1 aliphatic heterocycles. The van der Waals surface area contributed by atoms with Crippen LogP contribution in [0.2, 0.25) is 0 Å². The van der Waals surface area contributed by atoms with Gasteiger partial charge in [-0.25, -0.2) is 0 Å². The third-order valence-corrected chi connectivity index (χ3v) is 7.64. The smallest absolute Gasteiger partial charge is 0.135 e. The van der Waals surface area contributed by atoms with Crippen LogP contribution >= 0.6 is 39.5 Å². The van der Waals surface area contributed by atoms with Crippen LogP contribution in [0.5, 0.6) is 0 Å². The summed E-state index contributed by atoms with van der Waals surface area (Å²) >= 11 is 7.78. The van der Waals surface area contributed by atoms with Gasteiger partial charge >= 0.3 is 0 Å². The van der Waals surface area contributed by atoms with E-state index < -0.39 is 0 Å². The predicted octanol–water partition coefficient (Wildman–Crippen LogP) is 4.71. The van der Waals surface area contributed by atoms with Gasteiger partial charge in [-0.2, -0.15) is 23.5 Å². The number of nitrogens with one attached hydrogen (secondary N) is 1. The third kappa shape index (κ3) is 3.96. The molecule has 0 radical (unpaired) electrons. The molecule has 0 aromatic carbocycles. The first kappa shape index (κ1) is 15.8. The van der Waals surface area contributed by atoms with E-state index in [0.717, 1.165) is 28.4 Å². The van der Waals surface area contributed by atoms with E-state index in [2.05, 4.69) is 65.5 Å². The Hall–Kier alpha value is 0.420. The molecule has 0 amide bonds. The summed E-state index contributed by atoms with van der Waals surface area (Å²) in [5, 5.41) is 5.68. The van der Waals surface area contributed by atoms with E-state index in [1.807, 2.05) is 6.07 Å². The summed E-state index contributed by atoms with van der Waals surface area (Å²) < 4.78 is 6.79. The second-order valence-electron chi connectivity index (χ2n) is 4.98. The molecular weight excluding hydrogens is 342 g/mol. The third-order valence-electron chi connectivity index (χ3n) is 3.49. The number of furan rings is 1. The molecule has 1 saturated heterocycles. The van der Waals surface area contributed by atoms with Crippen molar-refractivity contribution in [3.8, 4) is 0 Å². The van der Waals surface area contributed by atoms with Crippen LogP contribution in [0.25, 0.3) is 0 Å². The molecule has 2 nitrogen and oxygen atoms in total. The average molecular weight is 364 g/mol. The van der Waals surface area contributed by atoms with Crippen molar-refractivity contribution in [3.63, 3.8) is 0 Å². The van der Waals surface area contributed by atoms with E-state index in [1.54, 1.807) is 6.26 Å². The van der Waals surface area contributed by atoms with Gasteiger partial charge in [-0.15, -0.1) is 0 Å². The van der Waals surface area contributed by atoms with E-state index >= 15 is 0 Å². The zero-order valence-electron chi connectivity index (χ0n) is 11.7. The average Bonchev–Trinajstić information content (AvgIpc) is 2.80. The van der Waals surface area contributed by atoms with Gasteiger partial charge in [0.2, 0.25) is 0 Å². The van der Waals surface area contributed by atoms with Gasteiger partial charge in [-0.3, -0.25) is 0 Å². The molecule has 1 aromatic rings. The quantitative estimate of drug-likeness (QED) is 0.818. The lowest BCUT2D eigenvalue weighted by Crippen LogP contribution is -2.37. The topological polar surface area (TPSA) is 25.2 Å². The first-order chi connectivity index (χ1) is 9.13. The molecule has 19 heavy (non-hydrogen) atoms. The first-order valence-electron chi connectivity index (χ1n) is 6.86. The summed E-state index contributed by atoms with van der Waals surface area (Å²) in [5.74, 6) is 2.23. The second kappa shape index (κ2) is 7.43. The Balaban J connectivity index is 2.11. The fourth-order valence-corrected chi connectivity index (χ4v) is 5.74. The standard InChI is InChI=1S/C14H22BrNOS2/c1-4-6-16-13(14-11(15)5-7-17-14)12-8-18-9(2)10(3)19-12/h5,7,9-10,12-13,16H,4,6,8H2,1-3H3. The summed E-state index contributed by atoms with van der Waals surface area (Å²) in [6.45, 7) is 7.90. The van der Waals surface area contributed by atoms with Gasteiger partial charge in [-0.1, -0.05) is 20.8 Å². The molecule has 0 bridgehead atoms. The van der Waals surface area contributed by atoms with Gasteiger partial charge < -0.3 is 9.73 Å². The molecule has 5 heteroatoms. The van der Waals surface area contributed by atoms with Crippen LogP contribution in [-0.2, 0) is 0 Å². The van der Waals surface area contributed by atoms with Crippen molar-refractivity contribution < 1.29 is 4.42 Å². The molecule has 1 N–H and O–H groups in total. The molecule has 0 aliphatic carbocycles. The molecule has 0 saturated carbocycles. The van der Waals surface area contributed by atoms with Crippen LogP contribution < -0.4 is 5.32 Å². The van der Waals surface area contributed by atoms with Crippen LogP contribution in [0.15, 0.2) is 21.2 Å². The van der Waals surface area contributed by atoms with Crippen molar-refractivity contribution in [1.82, 2.24) is 5.32 Å². The lowest BCUT2D eigenvalue weighted by molar-refractivity contribution is 0.408. The molecule has 1 aliphatic rings. The Morgan fingerprint density at radius 2 is 2.26 bits per heavy atom. The normalized spacial score (nSPS) is 29.4. The Bertz CT molecular complexity index is 399. The van der Waals surface area contributed by atoms with E-state index in [1.165, 1.54) is 5.75 Å². The monoisotopic (exact) mass is 363 g/mol. The number of thioether (sulfide) groups is 2. The number of hydrogen-bond acceptors (Lipinski definition) is 4. The number of hydrogen-bond donors (Lipinski definition) is 1. The summed E-state index contributed by atoms with van der Waals surface area (Å²) in [4.78, 5) is 0. The Kier molecular flexibility index (Phi) is 6.18. The molecule has 2 rings (SSSR count). The zero-order valence-corrected chi connectivity index (χ0v) is 14.9. The van der Waals surface area contributed by atoms with E-state index in [4.69, 9.17) is 4.42 Å². The Morgan fingerprint density at radius 3 is 2.84 bits per heavy atom. The van der Waals surface area contributed by atoms with Crippen LogP contribution in [-0.4, -0.2) is 28.0 Å². The van der Waals surface area contributed by atoms with Crippen molar-refractivity contribution >= 4 is 39.5 Å². The van der Waals surface area contributed by atoms with Crippen molar-refractivity contribution in [3.05, 3.63) is 22.6 Å². The molecule has 1 aromatic heterocycles. The molecule has 4 atom stereocenters. The lowest BCUT2D eigenvalue weighted by atomic mass is 10.1.